The first-order valence-electron chi connectivity index (χ1n) is 1.40. The molecule has 0 rings (SSSR count). The molecule has 0 aromatic rings. The van der Waals surface area contributed by atoms with Crippen molar-refractivity contribution in [2.75, 3.05) is 6.61 Å². The molecule has 0 aliphatic heterocycles. The predicted octanol–water partition coefficient (Wildman–Crippen LogP) is 0.959. The van der Waals surface area contributed by atoms with Gasteiger partial charge in [-0.3, -0.25) is 0 Å². The van der Waals surface area contributed by atoms with Gasteiger partial charge in [-0.15, -0.1) is 4.52 Å². The Labute approximate surface area is 53.4 Å². The van der Waals surface area contributed by atoms with Gasteiger partial charge in [0, 0.05) is 21.7 Å². The molecule has 0 spiro atoms. The molecule has 0 N–H and O–H groups in total. The van der Waals surface area contributed by atoms with E-state index in [1.807, 2.05) is 0 Å². The minimum atomic E-state index is -0.592. The molecular formula is C2H6O2PTi+. The van der Waals surface area contributed by atoms with E-state index >= 15 is 0 Å². The van der Waals surface area contributed by atoms with Crippen LogP contribution in [0.1, 0.15) is 6.92 Å². The third-order valence-electron chi connectivity index (χ3n) is 0.203. The fraction of sp³-hybridized carbons (Fsp3) is 1.00. The van der Waals surface area contributed by atoms with Gasteiger partial charge < -0.3 is 0 Å². The first-order chi connectivity index (χ1) is 2.41. The van der Waals surface area contributed by atoms with Crippen molar-refractivity contribution in [1.82, 2.24) is 0 Å². The Morgan fingerprint density at radius 2 is 2.33 bits per heavy atom. The minimum absolute atomic E-state index is 0. The molecule has 0 aliphatic carbocycles. The van der Waals surface area contributed by atoms with Crippen LogP contribution in [0.4, 0.5) is 0 Å². The van der Waals surface area contributed by atoms with Crippen LogP contribution in [-0.4, -0.2) is 6.61 Å². The molecule has 0 aliphatic rings. The molecule has 0 bridgehead atoms. The van der Waals surface area contributed by atoms with Gasteiger partial charge in [-0.25, -0.2) is 0 Å². The van der Waals surface area contributed by atoms with Crippen molar-refractivity contribution in [2.24, 2.45) is 0 Å². The maximum Gasteiger partial charge on any atom is 0.494 e. The van der Waals surface area contributed by atoms with Gasteiger partial charge in [-0.1, -0.05) is 0 Å². The summed E-state index contributed by atoms with van der Waals surface area (Å²) in [6.45, 7) is 2.34. The van der Waals surface area contributed by atoms with E-state index in [9.17, 15) is 4.57 Å². The fourth-order valence-corrected chi connectivity index (χ4v) is 0.177. The summed E-state index contributed by atoms with van der Waals surface area (Å²) in [4.78, 5) is 0. The van der Waals surface area contributed by atoms with Gasteiger partial charge in [0.15, 0.2) is 0 Å². The molecule has 4 heteroatoms. The van der Waals surface area contributed by atoms with Gasteiger partial charge in [0.05, 0.1) is 6.61 Å². The largest absolute Gasteiger partial charge is 0.494 e. The molecule has 0 saturated heterocycles. The second-order valence-corrected chi connectivity index (χ2v) is 0.972. The van der Waals surface area contributed by atoms with E-state index < -0.39 is 8.69 Å². The summed E-state index contributed by atoms with van der Waals surface area (Å²) in [5, 5.41) is 0. The Morgan fingerprint density at radius 3 is 2.33 bits per heavy atom. The third kappa shape index (κ3) is 8.84. The molecule has 0 aromatic heterocycles. The van der Waals surface area contributed by atoms with E-state index in [0.29, 0.717) is 6.61 Å². The first-order valence-corrected chi connectivity index (χ1v) is 2.22. The molecular weight excluding hydrogens is 135 g/mol. The zero-order chi connectivity index (χ0) is 4.12. The summed E-state index contributed by atoms with van der Waals surface area (Å²) in [5.41, 5.74) is 0. The fourth-order valence-electron chi connectivity index (χ4n) is 0.0589. The smallest absolute Gasteiger partial charge is 0.148 e. The van der Waals surface area contributed by atoms with E-state index in [2.05, 4.69) is 4.52 Å². The molecule has 6 heavy (non-hydrogen) atoms. The van der Waals surface area contributed by atoms with Gasteiger partial charge in [-0.2, -0.15) is 0 Å². The summed E-state index contributed by atoms with van der Waals surface area (Å²) >= 11 is 0. The summed E-state index contributed by atoms with van der Waals surface area (Å²) in [6, 6.07) is 0. The van der Waals surface area contributed by atoms with Crippen LogP contribution >= 0.6 is 8.69 Å². The quantitative estimate of drug-likeness (QED) is 0.422. The number of hydrogen-bond donors (Lipinski definition) is 0. The van der Waals surface area contributed by atoms with Gasteiger partial charge in [0.25, 0.3) is 0 Å². The second-order valence-electron chi connectivity index (χ2n) is 0.516. The van der Waals surface area contributed by atoms with E-state index in [4.69, 9.17) is 0 Å². The van der Waals surface area contributed by atoms with E-state index in [-0.39, 0.29) is 21.7 Å². The topological polar surface area (TPSA) is 26.3 Å². The number of rotatable bonds is 2. The van der Waals surface area contributed by atoms with Gasteiger partial charge in [0.1, 0.15) is 0 Å². The van der Waals surface area contributed by atoms with Crippen molar-refractivity contribution in [2.45, 2.75) is 6.92 Å². The monoisotopic (exact) mass is 141 g/mol. The van der Waals surface area contributed by atoms with Crippen LogP contribution in [0.5, 0.6) is 0 Å². The Hall–Kier alpha value is 0.774. The normalized spacial score (nSPS) is 7.50. The third-order valence-corrected chi connectivity index (χ3v) is 0.610. The molecule has 1 unspecified atom stereocenters. The van der Waals surface area contributed by atoms with Gasteiger partial charge >= 0.3 is 8.69 Å². The summed E-state index contributed by atoms with van der Waals surface area (Å²) in [6.07, 6.45) is 0. The maximum absolute atomic E-state index is 9.34. The Morgan fingerprint density at radius 1 is 1.83 bits per heavy atom. The van der Waals surface area contributed by atoms with Crippen molar-refractivity contribution in [3.05, 3.63) is 0 Å². The predicted molar refractivity (Wildman–Crippen MR) is 20.6 cm³/mol. The summed E-state index contributed by atoms with van der Waals surface area (Å²) in [5.74, 6) is 0. The molecule has 2 nitrogen and oxygen atoms in total. The Balaban J connectivity index is 0. The van der Waals surface area contributed by atoms with Crippen molar-refractivity contribution in [3.63, 3.8) is 0 Å². The molecule has 0 radical (unpaired) electrons. The minimum Gasteiger partial charge on any atom is -0.148 e. The van der Waals surface area contributed by atoms with Gasteiger partial charge in [0.2, 0.25) is 0 Å². The van der Waals surface area contributed by atoms with Crippen molar-refractivity contribution < 1.29 is 30.8 Å². The molecule has 34 valence electrons. The number of hydrogen-bond acceptors (Lipinski definition) is 2. The van der Waals surface area contributed by atoms with E-state index in [1.165, 1.54) is 0 Å². The second kappa shape index (κ2) is 9.24. The van der Waals surface area contributed by atoms with Gasteiger partial charge in [-0.05, 0) is 11.5 Å². The van der Waals surface area contributed by atoms with E-state index in [0.717, 1.165) is 0 Å². The molecule has 0 aromatic carbocycles. The maximum atomic E-state index is 9.34. The van der Waals surface area contributed by atoms with Crippen molar-refractivity contribution >= 4 is 8.69 Å². The van der Waals surface area contributed by atoms with Crippen LogP contribution < -0.4 is 0 Å². The molecule has 0 amide bonds. The SMILES string of the molecule is CCO[PH+]=O.[Ti]. The van der Waals surface area contributed by atoms with Crippen LogP contribution in [-0.2, 0) is 30.8 Å². The van der Waals surface area contributed by atoms with Crippen LogP contribution in [0.2, 0.25) is 0 Å². The summed E-state index contributed by atoms with van der Waals surface area (Å²) in [7, 11) is -0.592. The van der Waals surface area contributed by atoms with Crippen molar-refractivity contribution in [3.8, 4) is 0 Å². The average molecular weight is 141 g/mol. The summed E-state index contributed by atoms with van der Waals surface area (Å²) < 4.78 is 13.6. The van der Waals surface area contributed by atoms with Crippen LogP contribution in [0.15, 0.2) is 0 Å². The van der Waals surface area contributed by atoms with Crippen LogP contribution in [0.3, 0.4) is 0 Å². The molecule has 0 heterocycles. The standard InChI is InChI=1S/C2H6O2P.Ti/c1-2-4-5-3;/h5H,2H2,1H3;/q+1;. The van der Waals surface area contributed by atoms with Crippen molar-refractivity contribution in [1.29, 1.82) is 0 Å². The first kappa shape index (κ1) is 9.91. The molecule has 0 fully saturated rings. The Kier molecular flexibility index (Phi) is 15.3. The van der Waals surface area contributed by atoms with E-state index in [1.54, 1.807) is 6.92 Å². The zero-order valence-electron chi connectivity index (χ0n) is 3.52. The zero-order valence-corrected chi connectivity index (χ0v) is 6.09. The van der Waals surface area contributed by atoms with Crippen LogP contribution in [0.25, 0.3) is 0 Å². The Bertz CT molecular complexity index is 32.7. The molecule has 1 atom stereocenters. The van der Waals surface area contributed by atoms with Crippen LogP contribution in [0, 0.1) is 0 Å². The average Bonchev–Trinajstić information content (AvgIpc) is 1.41. The molecule has 0 saturated carbocycles.